The first-order valence-electron chi connectivity index (χ1n) is 7.08. The number of anilines is 1. The maximum atomic E-state index is 13.9. The highest BCUT2D eigenvalue weighted by Crippen LogP contribution is 2.21. The van der Waals surface area contributed by atoms with Gasteiger partial charge in [0.05, 0.1) is 23.9 Å². The fourth-order valence-corrected chi connectivity index (χ4v) is 2.55. The molecule has 108 valence electrons. The number of rotatable bonds is 3. The molecule has 0 amide bonds. The quantitative estimate of drug-likeness (QED) is 0.939. The smallest absolute Gasteiger partial charge is 0.150 e. The van der Waals surface area contributed by atoms with Crippen LogP contribution in [0.2, 0.25) is 0 Å². The molecular formula is C15H16FN5. The van der Waals surface area contributed by atoms with Gasteiger partial charge in [0.25, 0.3) is 0 Å². The van der Waals surface area contributed by atoms with Crippen LogP contribution in [0.5, 0.6) is 0 Å². The third-order valence-corrected chi connectivity index (χ3v) is 3.68. The van der Waals surface area contributed by atoms with Crippen LogP contribution in [0.25, 0.3) is 0 Å². The highest BCUT2D eigenvalue weighted by Gasteiger charge is 2.21. The summed E-state index contributed by atoms with van der Waals surface area (Å²) in [6, 6.07) is 6.53. The first-order chi connectivity index (χ1) is 10.2. The Kier molecular flexibility index (Phi) is 3.57. The van der Waals surface area contributed by atoms with Crippen LogP contribution in [0.4, 0.5) is 10.1 Å². The Labute approximate surface area is 122 Å². The molecule has 3 rings (SSSR count). The van der Waals surface area contributed by atoms with Crippen molar-refractivity contribution in [1.82, 2.24) is 14.8 Å². The number of aromatic nitrogens is 3. The summed E-state index contributed by atoms with van der Waals surface area (Å²) in [5.41, 5.74) is 0.756. The van der Waals surface area contributed by atoms with Crippen LogP contribution in [0.1, 0.15) is 30.6 Å². The molecule has 5 nitrogen and oxygen atoms in total. The zero-order valence-corrected chi connectivity index (χ0v) is 11.8. The lowest BCUT2D eigenvalue weighted by atomic mass is 10.1. The molecule has 1 aromatic heterocycles. The van der Waals surface area contributed by atoms with E-state index in [1.807, 2.05) is 17.7 Å². The number of fused-ring (bicyclic) bond motifs is 1. The third kappa shape index (κ3) is 2.72. The van der Waals surface area contributed by atoms with Gasteiger partial charge in [-0.3, -0.25) is 0 Å². The first kappa shape index (κ1) is 13.6. The molecule has 1 aromatic carbocycles. The van der Waals surface area contributed by atoms with Crippen LogP contribution in [0.15, 0.2) is 18.2 Å². The van der Waals surface area contributed by atoms with Crippen LogP contribution in [0, 0.1) is 17.1 Å². The third-order valence-electron chi connectivity index (χ3n) is 3.68. The van der Waals surface area contributed by atoms with E-state index in [2.05, 4.69) is 15.4 Å². The highest BCUT2D eigenvalue weighted by molar-refractivity contribution is 5.49. The Morgan fingerprint density at radius 2 is 2.38 bits per heavy atom. The van der Waals surface area contributed by atoms with Crippen molar-refractivity contribution in [3.63, 3.8) is 0 Å². The Bertz CT molecular complexity index is 701. The second kappa shape index (κ2) is 5.52. The summed E-state index contributed by atoms with van der Waals surface area (Å²) in [5.74, 6) is 1.47. The number of hydrogen-bond acceptors (Lipinski definition) is 4. The summed E-state index contributed by atoms with van der Waals surface area (Å²) in [7, 11) is 0. The van der Waals surface area contributed by atoms with Gasteiger partial charge in [-0.05, 0) is 24.6 Å². The van der Waals surface area contributed by atoms with Gasteiger partial charge in [0.2, 0.25) is 0 Å². The zero-order chi connectivity index (χ0) is 14.8. The monoisotopic (exact) mass is 285 g/mol. The van der Waals surface area contributed by atoms with Gasteiger partial charge in [-0.2, -0.15) is 10.4 Å². The largest absolute Gasteiger partial charge is 0.378 e. The van der Waals surface area contributed by atoms with Crippen molar-refractivity contribution in [3.05, 3.63) is 41.2 Å². The minimum absolute atomic E-state index is 0.117. The summed E-state index contributed by atoms with van der Waals surface area (Å²) in [5, 5.41) is 16.4. The molecular weight excluding hydrogens is 269 g/mol. The molecule has 1 aliphatic heterocycles. The fourth-order valence-electron chi connectivity index (χ4n) is 2.55. The lowest BCUT2D eigenvalue weighted by Gasteiger charge is -2.24. The van der Waals surface area contributed by atoms with Crippen molar-refractivity contribution < 1.29 is 4.39 Å². The summed E-state index contributed by atoms with van der Waals surface area (Å²) in [6.45, 7) is 2.71. The zero-order valence-electron chi connectivity index (χ0n) is 11.8. The minimum Gasteiger partial charge on any atom is -0.378 e. The molecule has 1 unspecified atom stereocenters. The van der Waals surface area contributed by atoms with Gasteiger partial charge in [-0.1, -0.05) is 6.92 Å². The van der Waals surface area contributed by atoms with Gasteiger partial charge in [0, 0.05) is 18.9 Å². The molecule has 2 heterocycles. The summed E-state index contributed by atoms with van der Waals surface area (Å²) < 4.78 is 15.8. The van der Waals surface area contributed by atoms with Crippen LogP contribution < -0.4 is 5.32 Å². The van der Waals surface area contributed by atoms with Gasteiger partial charge in [-0.25, -0.2) is 14.1 Å². The highest BCUT2D eigenvalue weighted by atomic mass is 19.1. The number of nitriles is 1. The number of aryl methyl sites for hydroxylation is 2. The molecule has 1 atom stereocenters. The number of nitrogens with zero attached hydrogens (tertiary/aromatic N) is 4. The van der Waals surface area contributed by atoms with Crippen molar-refractivity contribution in [3.8, 4) is 6.07 Å². The number of halogens is 1. The second-order valence-corrected chi connectivity index (χ2v) is 5.17. The van der Waals surface area contributed by atoms with E-state index < -0.39 is 5.82 Å². The number of hydrogen-bond donors (Lipinski definition) is 1. The summed E-state index contributed by atoms with van der Waals surface area (Å²) in [6.07, 6.45) is 2.55. The van der Waals surface area contributed by atoms with E-state index in [0.29, 0.717) is 17.8 Å². The first-order valence-corrected chi connectivity index (χ1v) is 7.08. The van der Waals surface area contributed by atoms with E-state index in [1.165, 1.54) is 6.07 Å². The van der Waals surface area contributed by atoms with Crippen LogP contribution in [0.3, 0.4) is 0 Å². The molecule has 0 saturated carbocycles. The maximum Gasteiger partial charge on any atom is 0.150 e. The summed E-state index contributed by atoms with van der Waals surface area (Å²) in [4.78, 5) is 4.46. The SMILES string of the molecule is CCc1nc2n(n1)CC(Nc1ccc(C#N)cc1F)CC2. The van der Waals surface area contributed by atoms with Gasteiger partial charge in [0.1, 0.15) is 11.6 Å². The van der Waals surface area contributed by atoms with E-state index in [4.69, 9.17) is 5.26 Å². The van der Waals surface area contributed by atoms with E-state index >= 15 is 0 Å². The van der Waals surface area contributed by atoms with Gasteiger partial charge < -0.3 is 5.32 Å². The molecule has 0 spiro atoms. The van der Waals surface area contributed by atoms with Gasteiger partial charge in [0.15, 0.2) is 5.82 Å². The average molecular weight is 285 g/mol. The minimum atomic E-state index is -0.396. The predicted octanol–water partition coefficient (Wildman–Crippen LogP) is 2.28. The van der Waals surface area contributed by atoms with E-state index in [1.54, 1.807) is 12.1 Å². The maximum absolute atomic E-state index is 13.9. The van der Waals surface area contributed by atoms with E-state index in [-0.39, 0.29) is 6.04 Å². The predicted molar refractivity (Wildman–Crippen MR) is 76.2 cm³/mol. The van der Waals surface area contributed by atoms with Crippen molar-refractivity contribution >= 4 is 5.69 Å². The van der Waals surface area contributed by atoms with Gasteiger partial charge in [-0.15, -0.1) is 0 Å². The molecule has 6 heteroatoms. The van der Waals surface area contributed by atoms with Crippen LogP contribution in [-0.4, -0.2) is 20.8 Å². The van der Waals surface area contributed by atoms with Crippen molar-refractivity contribution in [2.45, 2.75) is 38.8 Å². The molecule has 21 heavy (non-hydrogen) atoms. The van der Waals surface area contributed by atoms with Crippen molar-refractivity contribution in [2.75, 3.05) is 5.32 Å². The lowest BCUT2D eigenvalue weighted by Crippen LogP contribution is -2.32. The molecule has 1 aliphatic rings. The molecule has 0 bridgehead atoms. The van der Waals surface area contributed by atoms with E-state index in [0.717, 1.165) is 30.9 Å². The Morgan fingerprint density at radius 1 is 1.52 bits per heavy atom. The molecule has 0 saturated heterocycles. The van der Waals surface area contributed by atoms with Crippen molar-refractivity contribution in [1.29, 1.82) is 5.26 Å². The molecule has 2 aromatic rings. The van der Waals surface area contributed by atoms with Crippen molar-refractivity contribution in [2.24, 2.45) is 0 Å². The summed E-state index contributed by atoms with van der Waals surface area (Å²) >= 11 is 0. The molecule has 0 radical (unpaired) electrons. The molecule has 0 fully saturated rings. The molecule has 1 N–H and O–H groups in total. The van der Waals surface area contributed by atoms with Gasteiger partial charge >= 0.3 is 0 Å². The topological polar surface area (TPSA) is 66.5 Å². The van der Waals surface area contributed by atoms with Crippen LogP contribution in [-0.2, 0) is 19.4 Å². The van der Waals surface area contributed by atoms with E-state index in [9.17, 15) is 4.39 Å². The lowest BCUT2D eigenvalue weighted by molar-refractivity contribution is 0.439. The Hall–Kier alpha value is -2.42. The van der Waals surface area contributed by atoms with Crippen LogP contribution >= 0.6 is 0 Å². The number of nitrogens with one attached hydrogen (secondary N) is 1. The Morgan fingerprint density at radius 3 is 3.10 bits per heavy atom. The molecule has 0 aliphatic carbocycles. The number of benzene rings is 1. The standard InChI is InChI=1S/C15H16FN5/c1-2-14-19-15-6-4-11(9-21(15)20-14)18-13-5-3-10(8-17)7-12(13)16/h3,5,7,11,18H,2,4,6,9H2,1H3. The Balaban J connectivity index is 1.74. The second-order valence-electron chi connectivity index (χ2n) is 5.17. The normalized spacial score (nSPS) is 17.1. The average Bonchev–Trinajstić information content (AvgIpc) is 2.91. The fraction of sp³-hybridized carbons (Fsp3) is 0.400.